The number of fused-ring (bicyclic) bond motifs is 3. The van der Waals surface area contributed by atoms with Gasteiger partial charge in [-0.2, -0.15) is 4.31 Å². The van der Waals surface area contributed by atoms with Gasteiger partial charge in [-0.1, -0.05) is 35.5 Å². The van der Waals surface area contributed by atoms with E-state index in [1.54, 1.807) is 18.2 Å². The largest absolute Gasteiger partial charge is 0.354 e. The maximum absolute atomic E-state index is 13.3. The Morgan fingerprint density at radius 2 is 1.65 bits per heavy atom. The van der Waals surface area contributed by atoms with Crippen LogP contribution in [0.2, 0.25) is 0 Å². The highest BCUT2D eigenvalue weighted by molar-refractivity contribution is 7.89. The summed E-state index contributed by atoms with van der Waals surface area (Å²) in [5.41, 5.74) is 1.41. The summed E-state index contributed by atoms with van der Waals surface area (Å²) >= 11 is 0. The summed E-state index contributed by atoms with van der Waals surface area (Å²) in [7, 11) is -3.58. The number of aromatic nitrogens is 1. The molecular weight excluding hydrogens is 456 g/mol. The van der Waals surface area contributed by atoms with E-state index in [1.165, 1.54) is 4.31 Å². The van der Waals surface area contributed by atoms with Crippen LogP contribution in [0, 0.1) is 0 Å². The third-order valence-electron chi connectivity index (χ3n) is 6.97. The van der Waals surface area contributed by atoms with Gasteiger partial charge < -0.3 is 18.9 Å². The number of nitrogens with zero attached hydrogens (tertiary/aromatic N) is 4. The highest BCUT2D eigenvalue weighted by atomic mass is 32.2. The zero-order valence-corrected chi connectivity index (χ0v) is 19.7. The average molecular weight is 485 g/mol. The molecule has 34 heavy (non-hydrogen) atoms. The van der Waals surface area contributed by atoms with E-state index in [0.29, 0.717) is 25.3 Å². The van der Waals surface area contributed by atoms with Crippen LogP contribution in [0.3, 0.4) is 0 Å². The molecule has 6 rings (SSSR count). The molecule has 3 aromatic rings. The van der Waals surface area contributed by atoms with Crippen LogP contribution in [0.1, 0.15) is 12.0 Å². The molecular formula is C24H28N4O5S. The summed E-state index contributed by atoms with van der Waals surface area (Å²) < 4.78 is 45.5. The molecule has 2 fully saturated rings. The molecule has 2 aromatic carbocycles. The van der Waals surface area contributed by atoms with Crippen LogP contribution in [0.5, 0.6) is 0 Å². The molecule has 0 amide bonds. The third kappa shape index (κ3) is 3.70. The first kappa shape index (κ1) is 22.0. The van der Waals surface area contributed by atoms with E-state index < -0.39 is 15.8 Å². The van der Waals surface area contributed by atoms with E-state index in [4.69, 9.17) is 14.0 Å². The van der Waals surface area contributed by atoms with Gasteiger partial charge in [-0.25, -0.2) is 8.42 Å². The Labute approximate surface area is 198 Å². The Bertz CT molecular complexity index is 1280. The molecule has 3 aliphatic heterocycles. The molecule has 3 aliphatic rings. The van der Waals surface area contributed by atoms with E-state index in [2.05, 4.69) is 15.0 Å². The minimum Gasteiger partial charge on any atom is -0.354 e. The van der Waals surface area contributed by atoms with Gasteiger partial charge in [-0.3, -0.25) is 4.90 Å². The zero-order chi connectivity index (χ0) is 23.2. The van der Waals surface area contributed by atoms with Gasteiger partial charge in [0.2, 0.25) is 15.8 Å². The number of piperazine rings is 1. The Hall–Kier alpha value is -2.50. The van der Waals surface area contributed by atoms with Crippen molar-refractivity contribution in [3.05, 3.63) is 54.1 Å². The quantitative estimate of drug-likeness (QED) is 0.545. The van der Waals surface area contributed by atoms with Crippen LogP contribution in [-0.4, -0.2) is 81.8 Å². The molecule has 0 aliphatic carbocycles. The van der Waals surface area contributed by atoms with Gasteiger partial charge in [0.25, 0.3) is 0 Å². The monoisotopic (exact) mass is 484 g/mol. The number of hydrogen-bond donors (Lipinski definition) is 0. The first-order chi connectivity index (χ1) is 16.6. The van der Waals surface area contributed by atoms with Crippen molar-refractivity contribution in [1.29, 1.82) is 0 Å². The smallest absolute Gasteiger partial charge is 0.243 e. The molecule has 10 heteroatoms. The summed E-state index contributed by atoms with van der Waals surface area (Å²) in [6.07, 6.45) is 0.740. The maximum atomic E-state index is 13.3. The second-order valence-corrected chi connectivity index (χ2v) is 10.9. The molecule has 4 heterocycles. The lowest BCUT2D eigenvalue weighted by Gasteiger charge is -2.39. The van der Waals surface area contributed by atoms with Crippen molar-refractivity contribution in [3.8, 4) is 0 Å². The van der Waals surface area contributed by atoms with E-state index >= 15 is 0 Å². The lowest BCUT2D eigenvalue weighted by atomic mass is 10.1. The summed E-state index contributed by atoms with van der Waals surface area (Å²) in [6.45, 7) is 5.89. The van der Waals surface area contributed by atoms with Crippen molar-refractivity contribution in [1.82, 2.24) is 14.4 Å². The van der Waals surface area contributed by atoms with Gasteiger partial charge in [0, 0.05) is 38.3 Å². The number of ether oxygens (including phenoxy) is 2. The van der Waals surface area contributed by atoms with Crippen molar-refractivity contribution in [2.75, 3.05) is 63.9 Å². The molecule has 0 saturated carbocycles. The lowest BCUT2D eigenvalue weighted by Crippen LogP contribution is -2.51. The molecule has 1 spiro atoms. The van der Waals surface area contributed by atoms with Crippen LogP contribution < -0.4 is 4.90 Å². The standard InChI is InChI=1S/C24H28N4O5S/c29-34(30)22-9-4-2-7-20(22)24(31-16-17-32-24)18-28(34)11-5-10-26-12-14-27(15-13-26)23-19-6-1-3-8-21(19)33-25-23/h1-4,6-9H,5,10-18H2. The minimum atomic E-state index is -3.58. The van der Waals surface area contributed by atoms with Crippen molar-refractivity contribution >= 4 is 26.8 Å². The molecule has 0 N–H and O–H groups in total. The number of para-hydroxylation sites is 1. The Morgan fingerprint density at radius 3 is 2.47 bits per heavy atom. The van der Waals surface area contributed by atoms with Crippen molar-refractivity contribution in [2.24, 2.45) is 0 Å². The fourth-order valence-corrected chi connectivity index (χ4v) is 6.94. The Morgan fingerprint density at radius 1 is 0.912 bits per heavy atom. The van der Waals surface area contributed by atoms with Crippen LogP contribution >= 0.6 is 0 Å². The summed E-state index contributed by atoms with van der Waals surface area (Å²) in [4.78, 5) is 4.92. The minimum absolute atomic E-state index is 0.194. The van der Waals surface area contributed by atoms with Gasteiger partial charge in [0.1, 0.15) is 0 Å². The van der Waals surface area contributed by atoms with Gasteiger partial charge >= 0.3 is 0 Å². The second kappa shape index (κ2) is 8.62. The Balaban J connectivity index is 1.08. The van der Waals surface area contributed by atoms with Gasteiger partial charge in [-0.05, 0) is 31.2 Å². The number of anilines is 1. The van der Waals surface area contributed by atoms with Crippen molar-refractivity contribution in [2.45, 2.75) is 17.1 Å². The maximum Gasteiger partial charge on any atom is 0.243 e. The van der Waals surface area contributed by atoms with E-state index in [9.17, 15) is 8.42 Å². The molecule has 0 atom stereocenters. The van der Waals surface area contributed by atoms with Crippen LogP contribution in [-0.2, 0) is 25.3 Å². The summed E-state index contributed by atoms with van der Waals surface area (Å²) in [5, 5.41) is 5.31. The molecule has 180 valence electrons. The predicted molar refractivity (Wildman–Crippen MR) is 126 cm³/mol. The molecule has 0 bridgehead atoms. The SMILES string of the molecule is O=S1(=O)c2ccccc2C2(CN1CCCN1CCN(c3noc4ccccc34)CC1)OCCO2. The summed E-state index contributed by atoms with van der Waals surface area (Å²) in [5.74, 6) is -0.0938. The lowest BCUT2D eigenvalue weighted by molar-refractivity contribution is -0.176. The van der Waals surface area contributed by atoms with Gasteiger partial charge in [0.15, 0.2) is 11.4 Å². The molecule has 2 saturated heterocycles. The highest BCUT2D eigenvalue weighted by Crippen LogP contribution is 2.42. The Kier molecular flexibility index (Phi) is 5.57. The fraction of sp³-hybridized carbons (Fsp3) is 0.458. The highest BCUT2D eigenvalue weighted by Gasteiger charge is 2.50. The number of hydrogen-bond acceptors (Lipinski definition) is 8. The molecule has 9 nitrogen and oxygen atoms in total. The molecule has 0 radical (unpaired) electrons. The first-order valence-electron chi connectivity index (χ1n) is 11.8. The van der Waals surface area contributed by atoms with E-state index in [1.807, 2.05) is 30.3 Å². The summed E-state index contributed by atoms with van der Waals surface area (Å²) in [6, 6.07) is 14.9. The molecule has 0 unspecified atom stereocenters. The number of rotatable bonds is 5. The van der Waals surface area contributed by atoms with Crippen molar-refractivity contribution in [3.63, 3.8) is 0 Å². The van der Waals surface area contributed by atoms with Gasteiger partial charge in [-0.15, -0.1) is 0 Å². The average Bonchev–Trinajstić information content (AvgIpc) is 3.51. The van der Waals surface area contributed by atoms with E-state index in [0.717, 1.165) is 55.9 Å². The number of benzene rings is 2. The second-order valence-electron chi connectivity index (χ2n) is 8.97. The van der Waals surface area contributed by atoms with Crippen LogP contribution in [0.25, 0.3) is 11.0 Å². The molecule has 1 aromatic heterocycles. The fourth-order valence-electron chi connectivity index (χ4n) is 5.20. The predicted octanol–water partition coefficient (Wildman–Crippen LogP) is 2.24. The zero-order valence-electron chi connectivity index (χ0n) is 18.9. The van der Waals surface area contributed by atoms with Crippen molar-refractivity contribution < 1.29 is 22.4 Å². The first-order valence-corrected chi connectivity index (χ1v) is 13.2. The number of sulfonamides is 1. The van der Waals surface area contributed by atoms with Crippen LogP contribution in [0.4, 0.5) is 5.82 Å². The normalized spacial score (nSPS) is 22.4. The third-order valence-corrected chi connectivity index (χ3v) is 8.87. The van der Waals surface area contributed by atoms with Crippen LogP contribution in [0.15, 0.2) is 57.9 Å². The van der Waals surface area contributed by atoms with E-state index in [-0.39, 0.29) is 11.4 Å². The van der Waals surface area contributed by atoms with Gasteiger partial charge in [0.05, 0.1) is 30.0 Å². The topological polar surface area (TPSA) is 88.4 Å².